The smallest absolute Gasteiger partial charge is 0.312 e. The van der Waals surface area contributed by atoms with Gasteiger partial charge in [-0.05, 0) is 75.0 Å². The molecule has 0 amide bonds. The van der Waals surface area contributed by atoms with E-state index in [0.29, 0.717) is 25.7 Å². The summed E-state index contributed by atoms with van der Waals surface area (Å²) >= 11 is 0. The third kappa shape index (κ3) is 2.62. The van der Waals surface area contributed by atoms with E-state index in [9.17, 15) is 14.7 Å². The fraction of sp³-hybridized carbons (Fsp3) is 0.652. The lowest BCUT2D eigenvalue weighted by Crippen LogP contribution is -2.70. The Balaban J connectivity index is 1.77. The zero-order valence-corrected chi connectivity index (χ0v) is 16.8. The number of ketones is 1. The van der Waals surface area contributed by atoms with E-state index in [1.165, 1.54) is 0 Å². The van der Waals surface area contributed by atoms with Gasteiger partial charge in [0, 0.05) is 11.8 Å². The zero-order valence-electron chi connectivity index (χ0n) is 16.8. The van der Waals surface area contributed by atoms with E-state index < -0.39 is 16.4 Å². The molecule has 2 aliphatic carbocycles. The van der Waals surface area contributed by atoms with Crippen molar-refractivity contribution in [3.8, 4) is 0 Å². The first-order chi connectivity index (χ1) is 13.2. The second-order valence-electron chi connectivity index (χ2n) is 9.45. The molecule has 4 rings (SSSR count). The molecular weight excluding hydrogens is 356 g/mol. The maximum atomic E-state index is 12.8. The molecule has 5 atom stereocenters. The van der Waals surface area contributed by atoms with E-state index in [2.05, 4.69) is 6.58 Å². The summed E-state index contributed by atoms with van der Waals surface area (Å²) < 4.78 is 10.9. The molecule has 0 radical (unpaired) electrons. The molecular formula is C23H30O5. The maximum Gasteiger partial charge on any atom is 0.312 e. The fourth-order valence-corrected chi connectivity index (χ4v) is 6.70. The van der Waals surface area contributed by atoms with Crippen LogP contribution in [0.1, 0.15) is 57.9 Å². The lowest BCUT2D eigenvalue weighted by atomic mass is 9.40. The van der Waals surface area contributed by atoms with Crippen molar-refractivity contribution in [3.05, 3.63) is 36.3 Å². The standard InChI is InChI=1S/C23H30O5/c1-15-11-18(12-16(2)24)19-21(3)7-4-8-22(19,14-28-20(21)25)23(15,26)9-5-17-6-10-27-13-17/h6,10,13,18-19,26H,1,4-5,7-9,11-12,14H2,2-3H3/t18-,19-,21-,22+,23+/m0/s1. The summed E-state index contributed by atoms with van der Waals surface area (Å²) in [5.41, 5.74) is -0.536. The topological polar surface area (TPSA) is 76.7 Å². The molecule has 2 heterocycles. The summed E-state index contributed by atoms with van der Waals surface area (Å²) in [7, 11) is 0. The summed E-state index contributed by atoms with van der Waals surface area (Å²) in [5, 5.41) is 12.1. The van der Waals surface area contributed by atoms with Crippen molar-refractivity contribution in [2.45, 2.75) is 64.4 Å². The Bertz CT molecular complexity index is 796. The van der Waals surface area contributed by atoms with Crippen molar-refractivity contribution < 1.29 is 23.8 Å². The number of ether oxygens (including phenoxy) is 1. The number of aryl methyl sites for hydroxylation is 1. The summed E-state index contributed by atoms with van der Waals surface area (Å²) in [6.07, 6.45) is 7.93. The third-order valence-electron chi connectivity index (χ3n) is 7.82. The molecule has 0 aromatic carbocycles. The number of esters is 1. The first-order valence-corrected chi connectivity index (χ1v) is 10.3. The molecule has 5 nitrogen and oxygen atoms in total. The van der Waals surface area contributed by atoms with Crippen LogP contribution < -0.4 is 0 Å². The molecule has 1 aliphatic heterocycles. The predicted molar refractivity (Wildman–Crippen MR) is 103 cm³/mol. The number of carbonyl (C=O) groups excluding carboxylic acids is 2. The lowest BCUT2D eigenvalue weighted by Gasteiger charge is -2.66. The van der Waals surface area contributed by atoms with Crippen molar-refractivity contribution in [3.63, 3.8) is 0 Å². The van der Waals surface area contributed by atoms with Crippen molar-refractivity contribution in [2.24, 2.45) is 22.7 Å². The van der Waals surface area contributed by atoms with Gasteiger partial charge in [0.1, 0.15) is 12.4 Å². The van der Waals surface area contributed by atoms with Gasteiger partial charge in [0.25, 0.3) is 0 Å². The molecule has 1 saturated heterocycles. The van der Waals surface area contributed by atoms with Gasteiger partial charge in [-0.25, -0.2) is 0 Å². The van der Waals surface area contributed by atoms with Crippen LogP contribution in [0.2, 0.25) is 0 Å². The van der Waals surface area contributed by atoms with Crippen molar-refractivity contribution in [1.29, 1.82) is 0 Å². The molecule has 1 aromatic rings. The molecule has 2 bridgehead atoms. The van der Waals surface area contributed by atoms with E-state index in [-0.39, 0.29) is 30.2 Å². The summed E-state index contributed by atoms with van der Waals surface area (Å²) in [6, 6.07) is 1.91. The summed E-state index contributed by atoms with van der Waals surface area (Å²) in [4.78, 5) is 24.8. The largest absolute Gasteiger partial charge is 0.472 e. The van der Waals surface area contributed by atoms with Crippen LogP contribution in [-0.4, -0.2) is 29.1 Å². The van der Waals surface area contributed by atoms with Crippen LogP contribution in [0, 0.1) is 22.7 Å². The average molecular weight is 386 g/mol. The molecule has 152 valence electrons. The van der Waals surface area contributed by atoms with Gasteiger partial charge >= 0.3 is 5.97 Å². The highest BCUT2D eigenvalue weighted by atomic mass is 16.5. The molecule has 2 saturated carbocycles. The van der Waals surface area contributed by atoms with Crippen LogP contribution in [-0.2, 0) is 20.7 Å². The Morgan fingerprint density at radius 1 is 1.39 bits per heavy atom. The summed E-state index contributed by atoms with van der Waals surface area (Å²) in [5.74, 6) is -0.0976. The van der Waals surface area contributed by atoms with Crippen LogP contribution >= 0.6 is 0 Å². The van der Waals surface area contributed by atoms with Gasteiger partial charge in [0.15, 0.2) is 0 Å². The quantitative estimate of drug-likeness (QED) is 0.614. The monoisotopic (exact) mass is 386 g/mol. The molecule has 0 unspecified atom stereocenters. The van der Waals surface area contributed by atoms with Crippen LogP contribution in [0.25, 0.3) is 0 Å². The number of hydrogen-bond donors (Lipinski definition) is 1. The maximum absolute atomic E-state index is 12.8. The highest BCUT2D eigenvalue weighted by molar-refractivity contribution is 5.80. The van der Waals surface area contributed by atoms with Crippen molar-refractivity contribution in [2.75, 3.05) is 6.61 Å². The normalized spacial score (nSPS) is 40.0. The number of aliphatic hydroxyl groups is 1. The van der Waals surface area contributed by atoms with E-state index >= 15 is 0 Å². The first-order valence-electron chi connectivity index (χ1n) is 10.3. The van der Waals surface area contributed by atoms with Gasteiger partial charge in [0.2, 0.25) is 0 Å². The molecule has 1 N–H and O–H groups in total. The molecule has 3 fully saturated rings. The van der Waals surface area contributed by atoms with Crippen LogP contribution in [0.3, 0.4) is 0 Å². The van der Waals surface area contributed by atoms with E-state index in [1.807, 2.05) is 13.0 Å². The van der Waals surface area contributed by atoms with E-state index in [0.717, 1.165) is 30.4 Å². The Hall–Kier alpha value is -1.88. The minimum Gasteiger partial charge on any atom is -0.472 e. The Labute approximate surface area is 166 Å². The number of Topliss-reactive ketones (excluding diaryl/α,β-unsaturated/α-hetero) is 1. The Morgan fingerprint density at radius 2 is 2.18 bits per heavy atom. The van der Waals surface area contributed by atoms with Gasteiger partial charge in [-0.1, -0.05) is 13.0 Å². The van der Waals surface area contributed by atoms with Gasteiger partial charge in [0.05, 0.1) is 23.5 Å². The van der Waals surface area contributed by atoms with Gasteiger partial charge in [-0.2, -0.15) is 0 Å². The molecule has 28 heavy (non-hydrogen) atoms. The van der Waals surface area contributed by atoms with Gasteiger partial charge < -0.3 is 19.1 Å². The SMILES string of the molecule is C=C1C[C@@H](CC(C)=O)[C@@H]2[C@]3(CCC[C@]2(C)C(=O)OC3)[C@@]1(O)CCc1ccoc1. The second kappa shape index (κ2) is 6.58. The van der Waals surface area contributed by atoms with Crippen LogP contribution in [0.15, 0.2) is 35.2 Å². The minimum atomic E-state index is -1.12. The fourth-order valence-electron chi connectivity index (χ4n) is 6.70. The molecule has 1 aromatic heterocycles. The van der Waals surface area contributed by atoms with Gasteiger partial charge in [-0.3, -0.25) is 4.79 Å². The summed E-state index contributed by atoms with van der Waals surface area (Å²) in [6.45, 7) is 8.07. The van der Waals surface area contributed by atoms with Crippen molar-refractivity contribution >= 4 is 11.8 Å². The third-order valence-corrected chi connectivity index (χ3v) is 7.82. The molecule has 0 spiro atoms. The number of hydrogen-bond acceptors (Lipinski definition) is 5. The number of carbonyl (C=O) groups is 2. The van der Waals surface area contributed by atoms with E-state index in [4.69, 9.17) is 9.15 Å². The molecule has 3 aliphatic rings. The highest BCUT2D eigenvalue weighted by Gasteiger charge is 2.70. The van der Waals surface area contributed by atoms with Gasteiger partial charge in [-0.15, -0.1) is 0 Å². The lowest BCUT2D eigenvalue weighted by molar-refractivity contribution is -0.250. The highest BCUT2D eigenvalue weighted by Crippen LogP contribution is 2.68. The number of rotatable bonds is 5. The first kappa shape index (κ1) is 19.4. The number of furan rings is 1. The van der Waals surface area contributed by atoms with Crippen LogP contribution in [0.5, 0.6) is 0 Å². The van der Waals surface area contributed by atoms with Crippen molar-refractivity contribution in [1.82, 2.24) is 0 Å². The van der Waals surface area contributed by atoms with E-state index in [1.54, 1.807) is 19.5 Å². The number of cyclic esters (lactones) is 1. The minimum absolute atomic E-state index is 0.0253. The Kier molecular flexibility index (Phi) is 4.57. The molecule has 5 heteroatoms. The zero-order chi connectivity index (χ0) is 20.2. The Morgan fingerprint density at radius 3 is 2.86 bits per heavy atom. The average Bonchev–Trinajstić information content (AvgIpc) is 3.14. The predicted octanol–water partition coefficient (Wildman–Crippen LogP) is 3.85. The van der Waals surface area contributed by atoms with Crippen LogP contribution in [0.4, 0.5) is 0 Å². The second-order valence-corrected chi connectivity index (χ2v) is 9.45.